The van der Waals surface area contributed by atoms with Crippen LogP contribution in [0.2, 0.25) is 5.02 Å². The number of methoxy groups -OCH3 is 2. The van der Waals surface area contributed by atoms with Crippen molar-refractivity contribution < 1.29 is 32.2 Å². The van der Waals surface area contributed by atoms with Crippen LogP contribution in [0.5, 0.6) is 11.6 Å². The summed E-state index contributed by atoms with van der Waals surface area (Å²) in [4.78, 5) is 71.9. The number of nitrogens with zero attached hydrogens (tertiary/aromatic N) is 6. The Bertz CT molecular complexity index is 2140. The van der Waals surface area contributed by atoms with Crippen molar-refractivity contribution in [1.82, 2.24) is 24.4 Å². The minimum absolute atomic E-state index is 0.00188. The van der Waals surface area contributed by atoms with Gasteiger partial charge >= 0.3 is 6.18 Å². The number of hydrogen-bond acceptors (Lipinski definition) is 10. The number of aromatic amines is 1. The average Bonchev–Trinajstić information content (AvgIpc) is 3.11. The van der Waals surface area contributed by atoms with Gasteiger partial charge in [0.05, 0.1) is 42.9 Å². The maximum absolute atomic E-state index is 14.4. The first-order valence-electron chi connectivity index (χ1n) is 16.3. The highest BCUT2D eigenvalue weighted by Gasteiger charge is 2.36. The minimum atomic E-state index is -4.62. The van der Waals surface area contributed by atoms with Gasteiger partial charge in [-0.05, 0) is 31.0 Å². The molecule has 5 rings (SSSR count). The first-order valence-corrected chi connectivity index (χ1v) is 16.7. The fraction of sp³-hybridized carbons (Fsp3) is 0.412. The molecular weight excluding hydrogens is 709 g/mol. The van der Waals surface area contributed by atoms with Crippen LogP contribution in [-0.2, 0) is 23.9 Å². The molecule has 18 heteroatoms. The molecule has 4 aromatic rings. The minimum Gasteiger partial charge on any atom is -0.491 e. The second-order valence-corrected chi connectivity index (χ2v) is 12.6. The number of alkyl halides is 3. The molecule has 0 radical (unpaired) electrons. The number of fused-ring (bicyclic) bond motifs is 1. The Balaban J connectivity index is 1.55. The number of ether oxygens (including phenoxy) is 2. The molecule has 2 N–H and O–H groups in total. The number of aromatic nitrogens is 4. The number of piperazine rings is 1. The third-order valence-electron chi connectivity index (χ3n) is 8.87. The predicted molar refractivity (Wildman–Crippen MR) is 190 cm³/mol. The maximum Gasteiger partial charge on any atom is 0.416 e. The molecule has 1 saturated heterocycles. The van der Waals surface area contributed by atoms with Gasteiger partial charge in [0.1, 0.15) is 18.1 Å². The second kappa shape index (κ2) is 15.1. The van der Waals surface area contributed by atoms with Crippen molar-refractivity contribution in [2.24, 2.45) is 0 Å². The summed E-state index contributed by atoms with van der Waals surface area (Å²) >= 11 is 6.12. The van der Waals surface area contributed by atoms with Crippen LogP contribution in [0.15, 0.2) is 40.2 Å². The van der Waals surface area contributed by atoms with Crippen LogP contribution in [-0.4, -0.2) is 90.2 Å². The van der Waals surface area contributed by atoms with Crippen LogP contribution in [0, 0.1) is 0 Å². The van der Waals surface area contributed by atoms with Crippen LogP contribution in [0.25, 0.3) is 11.2 Å². The molecule has 2 amide bonds. The van der Waals surface area contributed by atoms with E-state index in [2.05, 4.69) is 20.3 Å². The summed E-state index contributed by atoms with van der Waals surface area (Å²) in [5.41, 5.74) is -1.39. The van der Waals surface area contributed by atoms with Gasteiger partial charge in [0.15, 0.2) is 22.5 Å². The molecular formula is C34H38ClF3N8O6. The topological polar surface area (TPSA) is 155 Å². The smallest absolute Gasteiger partial charge is 0.416 e. The average molecular weight is 747 g/mol. The van der Waals surface area contributed by atoms with E-state index in [-0.39, 0.29) is 77.4 Å². The largest absolute Gasteiger partial charge is 0.491 e. The molecule has 4 heterocycles. The molecule has 0 bridgehead atoms. The second-order valence-electron chi connectivity index (χ2n) is 12.2. The van der Waals surface area contributed by atoms with E-state index in [1.807, 2.05) is 18.7 Å². The van der Waals surface area contributed by atoms with Gasteiger partial charge in [-0.3, -0.25) is 19.2 Å². The summed E-state index contributed by atoms with van der Waals surface area (Å²) in [7, 11) is 6.13. The number of nitrogens with one attached hydrogen (secondary N) is 2. The van der Waals surface area contributed by atoms with Crippen LogP contribution in [0.1, 0.15) is 41.9 Å². The van der Waals surface area contributed by atoms with E-state index in [9.17, 15) is 32.3 Å². The number of carbonyl (C=O) groups is 2. The molecule has 1 aliphatic heterocycles. The Kier molecular flexibility index (Phi) is 11.0. The lowest BCUT2D eigenvalue weighted by Gasteiger charge is -2.42. The van der Waals surface area contributed by atoms with Gasteiger partial charge in [0, 0.05) is 45.5 Å². The summed E-state index contributed by atoms with van der Waals surface area (Å²) in [6.07, 6.45) is -1.09. The number of halogens is 4. The van der Waals surface area contributed by atoms with E-state index in [0.717, 1.165) is 18.2 Å². The van der Waals surface area contributed by atoms with Crippen LogP contribution in [0.4, 0.5) is 30.4 Å². The summed E-state index contributed by atoms with van der Waals surface area (Å²) in [6.45, 7) is 3.84. The quantitative estimate of drug-likeness (QED) is 0.242. The number of benzene rings is 1. The molecule has 0 spiro atoms. The number of rotatable bonds is 10. The molecule has 52 heavy (non-hydrogen) atoms. The van der Waals surface area contributed by atoms with E-state index in [1.165, 1.54) is 26.6 Å². The Hall–Kier alpha value is -5.32. The van der Waals surface area contributed by atoms with Crippen molar-refractivity contribution in [2.45, 2.75) is 45.5 Å². The number of amides is 2. The number of pyridine rings is 2. The van der Waals surface area contributed by atoms with Gasteiger partial charge < -0.3 is 39.0 Å². The predicted octanol–water partition coefficient (Wildman–Crippen LogP) is 4.18. The monoisotopic (exact) mass is 746 g/mol. The van der Waals surface area contributed by atoms with Gasteiger partial charge in [-0.1, -0.05) is 25.4 Å². The summed E-state index contributed by atoms with van der Waals surface area (Å²) in [5, 5.41) is 2.27. The Morgan fingerprint density at radius 2 is 1.85 bits per heavy atom. The van der Waals surface area contributed by atoms with E-state index >= 15 is 0 Å². The van der Waals surface area contributed by atoms with Crippen molar-refractivity contribution in [3.05, 3.63) is 72.9 Å². The number of carbonyl (C=O) groups excluding carboxylic acids is 2. The van der Waals surface area contributed by atoms with Crippen molar-refractivity contribution in [3.8, 4) is 11.6 Å². The van der Waals surface area contributed by atoms with Crippen LogP contribution >= 0.6 is 11.6 Å². The Morgan fingerprint density at radius 3 is 2.44 bits per heavy atom. The zero-order valence-corrected chi connectivity index (χ0v) is 30.1. The fourth-order valence-electron chi connectivity index (χ4n) is 6.24. The van der Waals surface area contributed by atoms with E-state index in [1.54, 1.807) is 28.5 Å². The van der Waals surface area contributed by atoms with Crippen LogP contribution < -0.4 is 35.4 Å². The third-order valence-corrected chi connectivity index (χ3v) is 9.18. The normalized spacial score (nSPS) is 14.8. The summed E-state index contributed by atoms with van der Waals surface area (Å²) in [5.74, 6) is -0.861. The molecule has 14 nitrogen and oxygen atoms in total. The van der Waals surface area contributed by atoms with Crippen molar-refractivity contribution in [1.29, 1.82) is 0 Å². The Morgan fingerprint density at radius 1 is 1.12 bits per heavy atom. The SMILES string of the molecule is CCc1c(N2CCN(C(=O)c3c(OC)[nH]cc(OC)c3=O)[C@@H](CC)C2)c(=O)c2nc(N(C)C)cnc2n1CC(=O)Nc1ccc(C(F)(F)F)cc1Cl. The molecule has 1 aromatic carbocycles. The summed E-state index contributed by atoms with van der Waals surface area (Å²) in [6, 6.07) is 2.16. The molecule has 0 unspecified atom stereocenters. The lowest BCUT2D eigenvalue weighted by molar-refractivity contribution is -0.137. The van der Waals surface area contributed by atoms with Gasteiger partial charge in [-0.2, -0.15) is 13.2 Å². The van der Waals surface area contributed by atoms with Crippen molar-refractivity contribution in [3.63, 3.8) is 0 Å². The number of anilines is 3. The zero-order valence-electron chi connectivity index (χ0n) is 29.4. The van der Waals surface area contributed by atoms with E-state index in [0.29, 0.717) is 17.9 Å². The first kappa shape index (κ1) is 37.9. The van der Waals surface area contributed by atoms with E-state index in [4.69, 9.17) is 21.1 Å². The molecule has 3 aromatic heterocycles. The molecule has 0 aliphatic carbocycles. The van der Waals surface area contributed by atoms with Crippen LogP contribution in [0.3, 0.4) is 0 Å². The fourth-order valence-corrected chi connectivity index (χ4v) is 6.47. The molecule has 0 saturated carbocycles. The molecule has 1 atom stereocenters. The van der Waals surface area contributed by atoms with Gasteiger partial charge in [0.25, 0.3) is 5.91 Å². The molecule has 278 valence electrons. The highest BCUT2D eigenvalue weighted by atomic mass is 35.5. The highest BCUT2D eigenvalue weighted by molar-refractivity contribution is 6.33. The lowest BCUT2D eigenvalue weighted by Crippen LogP contribution is -2.56. The van der Waals surface area contributed by atoms with E-state index < -0.39 is 40.5 Å². The van der Waals surface area contributed by atoms with Crippen molar-refractivity contribution in [2.75, 3.05) is 63.1 Å². The third kappa shape index (κ3) is 7.22. The van der Waals surface area contributed by atoms with Gasteiger partial charge in [-0.25, -0.2) is 9.97 Å². The molecule has 1 aliphatic rings. The summed E-state index contributed by atoms with van der Waals surface area (Å²) < 4.78 is 51.6. The maximum atomic E-state index is 14.4. The van der Waals surface area contributed by atoms with Gasteiger partial charge in [-0.15, -0.1) is 0 Å². The highest BCUT2D eigenvalue weighted by Crippen LogP contribution is 2.34. The van der Waals surface area contributed by atoms with Gasteiger partial charge in [0.2, 0.25) is 22.6 Å². The Labute approximate surface area is 301 Å². The first-order chi connectivity index (χ1) is 24.6. The number of hydrogen-bond donors (Lipinski definition) is 2. The number of H-pyrrole nitrogens is 1. The van der Waals surface area contributed by atoms with Crippen molar-refractivity contribution >= 4 is 51.8 Å². The zero-order chi connectivity index (χ0) is 38.1. The molecule has 1 fully saturated rings. The standard InChI is InChI=1S/C34H38ClF3N8O6/c1-7-19-16-44(11-12-45(19)33(50)26-29(48)23(51-5)14-40-32(26)52-6)28-22(8-2)46(31-27(30(28)49)42-24(15-39-31)43(3)4)17-25(47)41-21-10-9-18(13-20(21)35)34(36,37)38/h9-10,13-15,19H,7-8,11-12,16-17H2,1-6H3,(H,40,48)(H,41,47)/t19-/m0/s1. The lowest BCUT2D eigenvalue weighted by atomic mass is 10.0.